The maximum Gasteiger partial charge on any atom is 0.0639 e. The first-order chi connectivity index (χ1) is 8.74. The van der Waals surface area contributed by atoms with Crippen molar-refractivity contribution >= 4 is 11.4 Å². The Bertz CT molecular complexity index is 329. The monoisotopic (exact) mass is 252 g/mol. The second kappa shape index (κ2) is 8.78. The highest BCUT2D eigenvalue weighted by atomic mass is 16.5. The van der Waals surface area contributed by atoms with E-state index in [4.69, 9.17) is 9.47 Å². The molecule has 0 fully saturated rings. The van der Waals surface area contributed by atoms with E-state index < -0.39 is 0 Å². The van der Waals surface area contributed by atoms with Crippen molar-refractivity contribution < 1.29 is 9.47 Å². The number of rotatable bonds is 9. The van der Waals surface area contributed by atoms with E-state index in [-0.39, 0.29) is 0 Å². The maximum absolute atomic E-state index is 5.48. The standard InChI is InChI=1S/C14H24N2O2/c1-16(2)14-7-4-6-13(12-14)15-8-11-18-10-5-9-17-3/h4,6-7,12,15H,5,8-11H2,1-3H3. The molecule has 0 saturated carbocycles. The molecular formula is C14H24N2O2. The zero-order valence-corrected chi connectivity index (χ0v) is 11.6. The zero-order chi connectivity index (χ0) is 13.2. The number of hydrogen-bond donors (Lipinski definition) is 1. The molecule has 0 spiro atoms. The van der Waals surface area contributed by atoms with Gasteiger partial charge in [0.25, 0.3) is 0 Å². The van der Waals surface area contributed by atoms with Gasteiger partial charge in [-0.05, 0) is 24.6 Å². The highest BCUT2D eigenvalue weighted by molar-refractivity contribution is 5.57. The molecule has 0 saturated heterocycles. The summed E-state index contributed by atoms with van der Waals surface area (Å²) in [5.41, 5.74) is 2.32. The first kappa shape index (κ1) is 14.8. The van der Waals surface area contributed by atoms with Gasteiger partial charge in [-0.3, -0.25) is 0 Å². The molecule has 1 aromatic rings. The van der Waals surface area contributed by atoms with E-state index in [1.807, 2.05) is 14.1 Å². The molecule has 4 heteroatoms. The summed E-state index contributed by atoms with van der Waals surface area (Å²) in [7, 11) is 5.79. The third-order valence-corrected chi connectivity index (χ3v) is 2.58. The van der Waals surface area contributed by atoms with Gasteiger partial charge in [-0.2, -0.15) is 0 Å². The van der Waals surface area contributed by atoms with Gasteiger partial charge in [-0.15, -0.1) is 0 Å². The van der Waals surface area contributed by atoms with Crippen molar-refractivity contribution in [2.24, 2.45) is 0 Å². The Morgan fingerprint density at radius 1 is 1.17 bits per heavy atom. The van der Waals surface area contributed by atoms with Crippen LogP contribution < -0.4 is 10.2 Å². The summed E-state index contributed by atoms with van der Waals surface area (Å²) in [5.74, 6) is 0. The molecular weight excluding hydrogens is 228 g/mol. The summed E-state index contributed by atoms with van der Waals surface area (Å²) >= 11 is 0. The molecule has 18 heavy (non-hydrogen) atoms. The maximum atomic E-state index is 5.48. The van der Waals surface area contributed by atoms with Crippen molar-refractivity contribution in [1.29, 1.82) is 0 Å². The Hall–Kier alpha value is -1.26. The Morgan fingerprint density at radius 2 is 2.00 bits per heavy atom. The molecule has 1 aromatic carbocycles. The van der Waals surface area contributed by atoms with Crippen LogP contribution in [0, 0.1) is 0 Å². The van der Waals surface area contributed by atoms with Crippen LogP contribution in [-0.2, 0) is 9.47 Å². The molecule has 1 N–H and O–H groups in total. The molecule has 0 heterocycles. The molecule has 0 aliphatic carbocycles. The van der Waals surface area contributed by atoms with E-state index in [0.717, 1.165) is 38.5 Å². The van der Waals surface area contributed by atoms with Crippen LogP contribution in [-0.4, -0.2) is 47.6 Å². The van der Waals surface area contributed by atoms with E-state index >= 15 is 0 Å². The molecule has 0 bridgehead atoms. The quantitative estimate of drug-likeness (QED) is 0.683. The van der Waals surface area contributed by atoms with Gasteiger partial charge in [0.15, 0.2) is 0 Å². The lowest BCUT2D eigenvalue weighted by Gasteiger charge is -2.14. The van der Waals surface area contributed by atoms with Crippen LogP contribution in [0.15, 0.2) is 24.3 Å². The molecule has 1 rings (SSSR count). The highest BCUT2D eigenvalue weighted by Gasteiger charge is 1.97. The Kier molecular flexibility index (Phi) is 7.22. The smallest absolute Gasteiger partial charge is 0.0639 e. The molecule has 0 amide bonds. The highest BCUT2D eigenvalue weighted by Crippen LogP contribution is 2.16. The lowest BCUT2D eigenvalue weighted by atomic mass is 10.2. The number of benzene rings is 1. The van der Waals surface area contributed by atoms with Crippen molar-refractivity contribution in [2.45, 2.75) is 6.42 Å². The van der Waals surface area contributed by atoms with Crippen molar-refractivity contribution in [3.63, 3.8) is 0 Å². The summed E-state index contributed by atoms with van der Waals surface area (Å²) in [4.78, 5) is 2.09. The first-order valence-corrected chi connectivity index (χ1v) is 6.32. The van der Waals surface area contributed by atoms with Crippen LogP contribution in [0.1, 0.15) is 6.42 Å². The van der Waals surface area contributed by atoms with Gasteiger partial charge in [-0.1, -0.05) is 6.07 Å². The minimum absolute atomic E-state index is 0.718. The van der Waals surface area contributed by atoms with Crippen LogP contribution in [0.5, 0.6) is 0 Å². The van der Waals surface area contributed by atoms with Crippen LogP contribution in [0.3, 0.4) is 0 Å². The molecule has 0 atom stereocenters. The SMILES string of the molecule is COCCCOCCNc1cccc(N(C)C)c1. The van der Waals surface area contributed by atoms with Crippen LogP contribution in [0.25, 0.3) is 0 Å². The summed E-state index contributed by atoms with van der Waals surface area (Å²) in [5, 5.41) is 3.35. The van der Waals surface area contributed by atoms with Gasteiger partial charge in [0.05, 0.1) is 6.61 Å². The van der Waals surface area contributed by atoms with Gasteiger partial charge in [0.1, 0.15) is 0 Å². The van der Waals surface area contributed by atoms with E-state index in [0.29, 0.717) is 0 Å². The summed E-state index contributed by atoms with van der Waals surface area (Å²) in [6.45, 7) is 3.06. The molecule has 0 aromatic heterocycles. The lowest BCUT2D eigenvalue weighted by Crippen LogP contribution is -2.12. The minimum atomic E-state index is 0.718. The fourth-order valence-corrected chi connectivity index (χ4v) is 1.57. The van der Waals surface area contributed by atoms with Gasteiger partial charge in [0, 0.05) is 52.3 Å². The third kappa shape index (κ3) is 5.89. The lowest BCUT2D eigenvalue weighted by molar-refractivity contribution is 0.109. The number of ether oxygens (including phenoxy) is 2. The van der Waals surface area contributed by atoms with Crippen molar-refractivity contribution in [1.82, 2.24) is 0 Å². The predicted octanol–water partition coefficient (Wildman–Crippen LogP) is 2.22. The third-order valence-electron chi connectivity index (χ3n) is 2.58. The number of methoxy groups -OCH3 is 1. The molecule has 0 radical (unpaired) electrons. The Morgan fingerprint density at radius 3 is 2.72 bits per heavy atom. The van der Waals surface area contributed by atoms with Gasteiger partial charge < -0.3 is 19.7 Å². The second-order valence-electron chi connectivity index (χ2n) is 4.33. The summed E-state index contributed by atoms with van der Waals surface area (Å²) < 4.78 is 10.4. The molecule has 0 aliphatic rings. The average Bonchev–Trinajstić information content (AvgIpc) is 2.38. The number of anilines is 2. The largest absolute Gasteiger partial charge is 0.385 e. The van der Waals surface area contributed by atoms with Crippen LogP contribution in [0.4, 0.5) is 11.4 Å². The molecule has 102 valence electrons. The van der Waals surface area contributed by atoms with Crippen molar-refractivity contribution in [3.05, 3.63) is 24.3 Å². The van der Waals surface area contributed by atoms with E-state index in [2.05, 4.69) is 34.5 Å². The van der Waals surface area contributed by atoms with E-state index in [1.165, 1.54) is 5.69 Å². The number of nitrogens with one attached hydrogen (secondary N) is 1. The predicted molar refractivity (Wildman–Crippen MR) is 76.6 cm³/mol. The minimum Gasteiger partial charge on any atom is -0.385 e. The fraction of sp³-hybridized carbons (Fsp3) is 0.571. The van der Waals surface area contributed by atoms with Gasteiger partial charge in [-0.25, -0.2) is 0 Å². The van der Waals surface area contributed by atoms with Crippen molar-refractivity contribution in [3.8, 4) is 0 Å². The summed E-state index contributed by atoms with van der Waals surface area (Å²) in [6.07, 6.45) is 0.951. The van der Waals surface area contributed by atoms with Crippen LogP contribution >= 0.6 is 0 Å². The van der Waals surface area contributed by atoms with Crippen molar-refractivity contribution in [2.75, 3.05) is 57.8 Å². The first-order valence-electron chi connectivity index (χ1n) is 6.32. The number of hydrogen-bond acceptors (Lipinski definition) is 4. The second-order valence-corrected chi connectivity index (χ2v) is 4.33. The summed E-state index contributed by atoms with van der Waals surface area (Å²) in [6, 6.07) is 8.34. The fourth-order valence-electron chi connectivity index (χ4n) is 1.57. The average molecular weight is 252 g/mol. The zero-order valence-electron chi connectivity index (χ0n) is 11.6. The number of nitrogens with zero attached hydrogens (tertiary/aromatic N) is 1. The molecule has 4 nitrogen and oxygen atoms in total. The topological polar surface area (TPSA) is 33.7 Å². The van der Waals surface area contributed by atoms with E-state index in [1.54, 1.807) is 7.11 Å². The Labute approximate surface area is 110 Å². The Balaban J connectivity index is 2.17. The van der Waals surface area contributed by atoms with E-state index in [9.17, 15) is 0 Å². The normalized spacial score (nSPS) is 10.4. The van der Waals surface area contributed by atoms with Gasteiger partial charge >= 0.3 is 0 Å². The molecule has 0 unspecified atom stereocenters. The van der Waals surface area contributed by atoms with Gasteiger partial charge in [0.2, 0.25) is 0 Å². The van der Waals surface area contributed by atoms with Crippen LogP contribution in [0.2, 0.25) is 0 Å². The molecule has 0 aliphatic heterocycles.